The average molecular weight is 1370 g/mol. The van der Waals surface area contributed by atoms with Crippen LogP contribution in [0.2, 0.25) is 0 Å². The minimum absolute atomic E-state index is 0.106. The second-order valence-electron chi connectivity index (χ2n) is 27.9. The number of unbranched alkanes of at least 4 members (excludes halogenated alkanes) is 39. The fourth-order valence-corrected chi connectivity index (χ4v) is 12.8. The van der Waals surface area contributed by atoms with Crippen molar-refractivity contribution in [2.75, 3.05) is 39.6 Å². The van der Waals surface area contributed by atoms with Gasteiger partial charge in [0.15, 0.2) is 12.2 Å². The molecular formula is C74H144O17P2. The number of phosphoric acid groups is 2. The lowest BCUT2D eigenvalue weighted by Crippen LogP contribution is -2.30. The zero-order valence-corrected chi connectivity index (χ0v) is 62.5. The van der Waals surface area contributed by atoms with E-state index in [9.17, 15) is 43.2 Å². The summed E-state index contributed by atoms with van der Waals surface area (Å²) in [4.78, 5) is 72.8. The number of phosphoric ester groups is 2. The van der Waals surface area contributed by atoms with Crippen LogP contribution in [0.15, 0.2) is 0 Å². The first-order valence-corrected chi connectivity index (χ1v) is 41.4. The van der Waals surface area contributed by atoms with Gasteiger partial charge in [0.1, 0.15) is 19.3 Å². The van der Waals surface area contributed by atoms with Gasteiger partial charge in [0.2, 0.25) is 0 Å². The first-order chi connectivity index (χ1) is 44.8. The molecule has 0 saturated carbocycles. The van der Waals surface area contributed by atoms with Gasteiger partial charge in [-0.15, -0.1) is 0 Å². The Kier molecular flexibility index (Phi) is 63.4. The maximum Gasteiger partial charge on any atom is 0.472 e. The Morgan fingerprint density at radius 3 is 0.817 bits per heavy atom. The van der Waals surface area contributed by atoms with Gasteiger partial charge >= 0.3 is 39.5 Å². The molecular weight excluding hydrogens is 1220 g/mol. The topological polar surface area (TPSA) is 237 Å². The molecule has 19 heteroatoms. The number of esters is 4. The summed E-state index contributed by atoms with van der Waals surface area (Å²) < 4.78 is 68.5. The molecule has 93 heavy (non-hydrogen) atoms. The highest BCUT2D eigenvalue weighted by atomic mass is 31.2. The zero-order valence-electron chi connectivity index (χ0n) is 60.7. The number of aliphatic hydroxyl groups excluding tert-OH is 1. The molecule has 0 spiro atoms. The first kappa shape index (κ1) is 91.1. The van der Waals surface area contributed by atoms with Gasteiger partial charge in [-0.3, -0.25) is 37.3 Å². The number of carbonyl (C=O) groups excluding carboxylic acids is 4. The van der Waals surface area contributed by atoms with Gasteiger partial charge in [-0.05, 0) is 43.4 Å². The van der Waals surface area contributed by atoms with Crippen LogP contribution in [0.25, 0.3) is 0 Å². The van der Waals surface area contributed by atoms with Gasteiger partial charge in [-0.1, -0.05) is 325 Å². The smallest absolute Gasteiger partial charge is 0.462 e. The summed E-state index contributed by atoms with van der Waals surface area (Å²) in [5.74, 6) is 0.194. The lowest BCUT2D eigenvalue weighted by molar-refractivity contribution is -0.161. The molecule has 0 aromatic rings. The standard InChI is InChI=1S/C74H144O17P2/c1-8-10-11-12-13-14-15-16-17-27-34-41-48-55-71(76)84-61-69(90-73(78)57-50-43-36-29-22-19-25-32-39-46-53-66(5)6)63-88-92(80,81)86-59-68(75)60-87-93(82,83)89-64-70(62-85-72(77)56-49-42-35-28-21-18-24-31-38-45-52-65(3)4)91-74(79)58-51-44-37-30-23-20-26-33-40-47-54-67(7)9-2/h65-70,75H,8-64H2,1-7H3,(H,80,81)(H,82,83)/t67?,68-,69+,70+/m0/s1. The third kappa shape index (κ3) is 67.0. The van der Waals surface area contributed by atoms with E-state index in [2.05, 4.69) is 48.5 Å². The van der Waals surface area contributed by atoms with Crippen LogP contribution in [0.5, 0.6) is 0 Å². The molecule has 0 amide bonds. The number of ether oxygens (including phenoxy) is 4. The van der Waals surface area contributed by atoms with E-state index in [1.54, 1.807) is 0 Å². The summed E-state index contributed by atoms with van der Waals surface area (Å²) in [5, 5.41) is 10.6. The van der Waals surface area contributed by atoms with E-state index in [1.807, 2.05) is 0 Å². The SMILES string of the molecule is CCCCCCCCCCCCCCCC(=O)OC[C@H](COP(=O)(O)OC[C@H](O)COP(=O)(O)OC[C@@H](COC(=O)CCCCCCCCCCCCC(C)C)OC(=O)CCCCCCCCCCCCC(C)CC)OC(=O)CCCCCCCCCCCCC(C)C. The molecule has 0 bridgehead atoms. The van der Waals surface area contributed by atoms with Gasteiger partial charge in [-0.2, -0.15) is 0 Å². The van der Waals surface area contributed by atoms with E-state index < -0.39 is 97.5 Å². The van der Waals surface area contributed by atoms with Crippen LogP contribution in [0.1, 0.15) is 376 Å². The quantitative estimate of drug-likeness (QED) is 0.0222. The number of aliphatic hydroxyl groups is 1. The maximum atomic E-state index is 13.1. The molecule has 552 valence electrons. The molecule has 0 aromatic carbocycles. The average Bonchev–Trinajstić information content (AvgIpc) is 1.77. The van der Waals surface area contributed by atoms with Crippen molar-refractivity contribution in [3.63, 3.8) is 0 Å². The Morgan fingerprint density at radius 2 is 0.548 bits per heavy atom. The van der Waals surface area contributed by atoms with Gasteiger partial charge in [-0.25, -0.2) is 9.13 Å². The summed E-state index contributed by atoms with van der Waals surface area (Å²) in [6.45, 7) is 11.9. The highest BCUT2D eigenvalue weighted by molar-refractivity contribution is 7.47. The molecule has 0 saturated heterocycles. The van der Waals surface area contributed by atoms with Crippen LogP contribution in [0.4, 0.5) is 0 Å². The Labute approximate surface area is 568 Å². The molecule has 0 aliphatic rings. The van der Waals surface area contributed by atoms with Gasteiger partial charge < -0.3 is 33.8 Å². The number of rotatable bonds is 72. The first-order valence-electron chi connectivity index (χ1n) is 38.4. The van der Waals surface area contributed by atoms with Gasteiger partial charge in [0.05, 0.1) is 26.4 Å². The molecule has 0 aliphatic carbocycles. The molecule has 0 aliphatic heterocycles. The lowest BCUT2D eigenvalue weighted by Gasteiger charge is -2.21. The summed E-state index contributed by atoms with van der Waals surface area (Å²) in [5.41, 5.74) is 0. The number of carbonyl (C=O) groups is 4. The van der Waals surface area contributed by atoms with E-state index in [-0.39, 0.29) is 25.7 Å². The molecule has 0 heterocycles. The van der Waals surface area contributed by atoms with Crippen LogP contribution < -0.4 is 0 Å². The third-order valence-electron chi connectivity index (χ3n) is 17.5. The van der Waals surface area contributed by atoms with E-state index in [1.165, 1.54) is 186 Å². The van der Waals surface area contributed by atoms with Crippen molar-refractivity contribution in [2.24, 2.45) is 17.8 Å². The summed E-state index contributed by atoms with van der Waals surface area (Å²) in [6.07, 6.45) is 49.7. The van der Waals surface area contributed by atoms with Crippen molar-refractivity contribution in [1.82, 2.24) is 0 Å². The van der Waals surface area contributed by atoms with E-state index in [0.717, 1.165) is 108 Å². The monoisotopic (exact) mass is 1370 g/mol. The largest absolute Gasteiger partial charge is 0.472 e. The zero-order chi connectivity index (χ0) is 68.7. The number of hydrogen-bond acceptors (Lipinski definition) is 15. The maximum absolute atomic E-state index is 13.1. The minimum Gasteiger partial charge on any atom is -0.462 e. The third-order valence-corrected chi connectivity index (χ3v) is 19.4. The molecule has 17 nitrogen and oxygen atoms in total. The van der Waals surface area contributed by atoms with Crippen LogP contribution in [-0.2, 0) is 65.4 Å². The second-order valence-corrected chi connectivity index (χ2v) is 30.8. The van der Waals surface area contributed by atoms with Gasteiger partial charge in [0.25, 0.3) is 0 Å². The van der Waals surface area contributed by atoms with Gasteiger partial charge in [0, 0.05) is 25.7 Å². The van der Waals surface area contributed by atoms with Crippen LogP contribution >= 0.6 is 15.6 Å². The Bertz CT molecular complexity index is 1820. The predicted octanol–water partition coefficient (Wildman–Crippen LogP) is 21.4. The number of hydrogen-bond donors (Lipinski definition) is 3. The van der Waals surface area contributed by atoms with Crippen LogP contribution in [0, 0.1) is 17.8 Å². The normalized spacial score (nSPS) is 14.4. The summed E-state index contributed by atoms with van der Waals surface area (Å²) in [7, 11) is -9.91. The Morgan fingerprint density at radius 1 is 0.312 bits per heavy atom. The van der Waals surface area contributed by atoms with Crippen LogP contribution in [0.3, 0.4) is 0 Å². The van der Waals surface area contributed by atoms with Crippen molar-refractivity contribution in [3.05, 3.63) is 0 Å². The predicted molar refractivity (Wildman–Crippen MR) is 377 cm³/mol. The fourth-order valence-electron chi connectivity index (χ4n) is 11.2. The molecule has 0 radical (unpaired) electrons. The molecule has 0 rings (SSSR count). The lowest BCUT2D eigenvalue weighted by atomic mass is 9.99. The van der Waals surface area contributed by atoms with Crippen LogP contribution in [-0.4, -0.2) is 96.7 Å². The van der Waals surface area contributed by atoms with E-state index in [0.29, 0.717) is 25.7 Å². The Hall–Kier alpha value is -1.94. The molecule has 3 unspecified atom stereocenters. The van der Waals surface area contributed by atoms with E-state index >= 15 is 0 Å². The van der Waals surface area contributed by atoms with Crippen molar-refractivity contribution < 1.29 is 80.2 Å². The minimum atomic E-state index is -4.96. The highest BCUT2D eigenvalue weighted by Gasteiger charge is 2.30. The highest BCUT2D eigenvalue weighted by Crippen LogP contribution is 2.45. The molecule has 0 aromatic heterocycles. The van der Waals surface area contributed by atoms with Crippen molar-refractivity contribution >= 4 is 39.5 Å². The summed E-state index contributed by atoms with van der Waals surface area (Å²) >= 11 is 0. The molecule has 3 N–H and O–H groups in total. The Balaban J connectivity index is 5.28. The fraction of sp³-hybridized carbons (Fsp3) is 0.946. The molecule has 6 atom stereocenters. The van der Waals surface area contributed by atoms with Crippen molar-refractivity contribution in [1.29, 1.82) is 0 Å². The molecule has 0 fully saturated rings. The van der Waals surface area contributed by atoms with Crippen molar-refractivity contribution in [2.45, 2.75) is 394 Å². The van der Waals surface area contributed by atoms with E-state index in [4.69, 9.17) is 37.0 Å². The summed E-state index contributed by atoms with van der Waals surface area (Å²) in [6, 6.07) is 0. The second kappa shape index (κ2) is 64.7. The van der Waals surface area contributed by atoms with Crippen molar-refractivity contribution in [3.8, 4) is 0 Å².